The Labute approximate surface area is 139 Å². The SMILES string of the molecule is CS(=O)(=O)c1ncn(Cc2ccc(-c3noc(C(F)(F)F)n3)cc2)n1. The predicted molar refractivity (Wildman–Crippen MR) is 77.0 cm³/mol. The Morgan fingerprint density at radius 3 is 2.40 bits per heavy atom. The molecule has 1 aromatic carbocycles. The van der Waals surface area contributed by atoms with Crippen LogP contribution in [0, 0.1) is 0 Å². The monoisotopic (exact) mass is 373 g/mol. The van der Waals surface area contributed by atoms with E-state index in [0.717, 1.165) is 11.8 Å². The summed E-state index contributed by atoms with van der Waals surface area (Å²) in [4.78, 5) is 7.00. The van der Waals surface area contributed by atoms with Gasteiger partial charge in [-0.15, -0.1) is 5.10 Å². The fourth-order valence-electron chi connectivity index (χ4n) is 1.93. The molecule has 132 valence electrons. The summed E-state index contributed by atoms with van der Waals surface area (Å²) < 4.78 is 65.5. The lowest BCUT2D eigenvalue weighted by atomic mass is 10.1. The number of aromatic nitrogens is 5. The summed E-state index contributed by atoms with van der Waals surface area (Å²) in [6.45, 7) is 0.239. The number of benzene rings is 1. The molecule has 2 aromatic heterocycles. The number of sulfone groups is 1. The third kappa shape index (κ3) is 3.84. The Kier molecular flexibility index (Phi) is 4.06. The molecule has 0 spiro atoms. The fourth-order valence-corrected chi connectivity index (χ4v) is 2.42. The first-order valence-corrected chi connectivity index (χ1v) is 8.62. The largest absolute Gasteiger partial charge is 0.471 e. The zero-order valence-corrected chi connectivity index (χ0v) is 13.4. The first-order chi connectivity index (χ1) is 11.6. The number of nitrogens with zero attached hydrogens (tertiary/aromatic N) is 5. The zero-order valence-electron chi connectivity index (χ0n) is 12.6. The van der Waals surface area contributed by atoms with Gasteiger partial charge >= 0.3 is 12.1 Å². The maximum atomic E-state index is 12.5. The average Bonchev–Trinajstić information content (AvgIpc) is 3.15. The minimum absolute atomic E-state index is 0.181. The lowest BCUT2D eigenvalue weighted by Crippen LogP contribution is -2.05. The molecule has 3 rings (SSSR count). The lowest BCUT2D eigenvalue weighted by molar-refractivity contribution is -0.159. The first-order valence-electron chi connectivity index (χ1n) is 6.72. The molecule has 8 nitrogen and oxygen atoms in total. The van der Waals surface area contributed by atoms with Crippen LogP contribution in [0.2, 0.25) is 0 Å². The van der Waals surface area contributed by atoms with Gasteiger partial charge in [-0.3, -0.25) is 0 Å². The maximum Gasteiger partial charge on any atom is 0.471 e. The third-order valence-corrected chi connectivity index (χ3v) is 3.92. The predicted octanol–water partition coefficient (Wildman–Crippen LogP) is 1.80. The van der Waals surface area contributed by atoms with Crippen molar-refractivity contribution < 1.29 is 26.1 Å². The summed E-state index contributed by atoms with van der Waals surface area (Å²) >= 11 is 0. The molecule has 0 fully saturated rings. The number of halogens is 3. The van der Waals surface area contributed by atoms with Gasteiger partial charge in [0.05, 0.1) is 6.54 Å². The second-order valence-corrected chi connectivity index (χ2v) is 7.02. The van der Waals surface area contributed by atoms with Gasteiger partial charge in [0.1, 0.15) is 6.33 Å². The molecule has 25 heavy (non-hydrogen) atoms. The van der Waals surface area contributed by atoms with Gasteiger partial charge in [0.15, 0.2) is 0 Å². The molecule has 3 aromatic rings. The van der Waals surface area contributed by atoms with Gasteiger partial charge in [0.25, 0.3) is 5.16 Å². The number of hydrogen-bond acceptors (Lipinski definition) is 7. The summed E-state index contributed by atoms with van der Waals surface area (Å²) in [7, 11) is -3.49. The van der Waals surface area contributed by atoms with Gasteiger partial charge in [0, 0.05) is 11.8 Å². The van der Waals surface area contributed by atoms with Gasteiger partial charge < -0.3 is 4.52 Å². The Morgan fingerprint density at radius 2 is 1.88 bits per heavy atom. The highest BCUT2D eigenvalue weighted by molar-refractivity contribution is 7.90. The van der Waals surface area contributed by atoms with Crippen LogP contribution in [0.15, 0.2) is 40.3 Å². The minimum atomic E-state index is -4.70. The summed E-state index contributed by atoms with van der Waals surface area (Å²) in [6, 6.07) is 6.30. The highest BCUT2D eigenvalue weighted by atomic mass is 32.2. The Hall–Kier alpha value is -2.76. The van der Waals surface area contributed by atoms with Crippen molar-refractivity contribution in [3.05, 3.63) is 42.0 Å². The normalized spacial score (nSPS) is 12.5. The summed E-state index contributed by atoms with van der Waals surface area (Å²) in [6.07, 6.45) is -2.42. The molecule has 0 N–H and O–H groups in total. The molecule has 0 saturated carbocycles. The van der Waals surface area contributed by atoms with Crippen molar-refractivity contribution in [2.45, 2.75) is 17.9 Å². The molecule has 2 heterocycles. The Balaban J connectivity index is 1.76. The topological polar surface area (TPSA) is 104 Å². The van der Waals surface area contributed by atoms with Gasteiger partial charge in [-0.25, -0.2) is 18.1 Å². The molecule has 0 aliphatic rings. The molecule has 0 atom stereocenters. The van der Waals surface area contributed by atoms with Crippen LogP contribution in [-0.2, 0) is 22.6 Å². The van der Waals surface area contributed by atoms with Crippen LogP contribution in [0.3, 0.4) is 0 Å². The van der Waals surface area contributed by atoms with Crippen LogP contribution < -0.4 is 0 Å². The highest BCUT2D eigenvalue weighted by Crippen LogP contribution is 2.29. The smallest absolute Gasteiger partial charge is 0.329 e. The molecule has 0 saturated heterocycles. The van der Waals surface area contributed by atoms with Crippen molar-refractivity contribution in [3.63, 3.8) is 0 Å². The van der Waals surface area contributed by atoms with E-state index in [2.05, 4.69) is 24.7 Å². The molecular formula is C13H10F3N5O3S. The van der Waals surface area contributed by atoms with Crippen LogP contribution in [0.5, 0.6) is 0 Å². The molecular weight excluding hydrogens is 363 g/mol. The van der Waals surface area contributed by atoms with Crippen LogP contribution in [0.4, 0.5) is 13.2 Å². The van der Waals surface area contributed by atoms with E-state index in [1.807, 2.05) is 0 Å². The van der Waals surface area contributed by atoms with Gasteiger partial charge in [-0.1, -0.05) is 29.4 Å². The second-order valence-electron chi connectivity index (χ2n) is 5.11. The Bertz CT molecular complexity index is 993. The quantitative estimate of drug-likeness (QED) is 0.687. The highest BCUT2D eigenvalue weighted by Gasteiger charge is 2.38. The van der Waals surface area contributed by atoms with Gasteiger partial charge in [0.2, 0.25) is 15.7 Å². The fraction of sp³-hybridized carbons (Fsp3) is 0.231. The van der Waals surface area contributed by atoms with Crippen LogP contribution in [0.1, 0.15) is 11.5 Å². The number of hydrogen-bond donors (Lipinski definition) is 0. The number of rotatable bonds is 4. The second kappa shape index (κ2) is 5.95. The maximum absolute atomic E-state index is 12.5. The zero-order chi connectivity index (χ0) is 18.2. The van der Waals surface area contributed by atoms with E-state index < -0.39 is 21.9 Å². The van der Waals surface area contributed by atoms with E-state index in [4.69, 9.17) is 0 Å². The molecule has 0 radical (unpaired) electrons. The van der Waals surface area contributed by atoms with Crippen molar-refractivity contribution in [1.29, 1.82) is 0 Å². The van der Waals surface area contributed by atoms with Crippen molar-refractivity contribution in [2.24, 2.45) is 0 Å². The van der Waals surface area contributed by atoms with E-state index in [0.29, 0.717) is 5.56 Å². The molecule has 0 amide bonds. The lowest BCUT2D eigenvalue weighted by Gasteiger charge is -2.02. The number of alkyl halides is 3. The average molecular weight is 373 g/mol. The van der Waals surface area contributed by atoms with Crippen LogP contribution in [0.25, 0.3) is 11.4 Å². The summed E-state index contributed by atoms with van der Waals surface area (Å²) in [5.41, 5.74) is 1.08. The molecule has 12 heteroatoms. The van der Waals surface area contributed by atoms with Gasteiger partial charge in [-0.05, 0) is 5.56 Å². The first kappa shape index (κ1) is 17.1. The van der Waals surface area contributed by atoms with Crippen molar-refractivity contribution >= 4 is 9.84 Å². The molecule has 0 unspecified atom stereocenters. The van der Waals surface area contributed by atoms with E-state index >= 15 is 0 Å². The summed E-state index contributed by atoms with van der Waals surface area (Å²) in [5.74, 6) is -1.60. The minimum Gasteiger partial charge on any atom is -0.329 e. The van der Waals surface area contributed by atoms with Crippen molar-refractivity contribution in [3.8, 4) is 11.4 Å². The summed E-state index contributed by atoms with van der Waals surface area (Å²) in [5, 5.41) is 6.86. The molecule has 0 aliphatic heterocycles. The van der Waals surface area contributed by atoms with Crippen LogP contribution >= 0.6 is 0 Å². The Morgan fingerprint density at radius 1 is 1.20 bits per heavy atom. The third-order valence-electron chi connectivity index (χ3n) is 3.07. The standard InChI is InChI=1S/C13H10F3N5O3S/c1-25(22,23)12-17-7-21(19-12)6-8-2-4-9(5-3-8)10-18-11(24-20-10)13(14,15)16/h2-5,7H,6H2,1H3. The van der Waals surface area contributed by atoms with Crippen molar-refractivity contribution in [1.82, 2.24) is 24.9 Å². The van der Waals surface area contributed by atoms with E-state index in [1.54, 1.807) is 12.1 Å². The van der Waals surface area contributed by atoms with E-state index in [1.165, 1.54) is 23.1 Å². The molecule has 0 aliphatic carbocycles. The van der Waals surface area contributed by atoms with Gasteiger partial charge in [-0.2, -0.15) is 18.2 Å². The molecule has 0 bridgehead atoms. The van der Waals surface area contributed by atoms with Crippen molar-refractivity contribution in [2.75, 3.05) is 6.26 Å². The van der Waals surface area contributed by atoms with E-state index in [-0.39, 0.29) is 17.5 Å². The van der Waals surface area contributed by atoms with Crippen LogP contribution in [-0.4, -0.2) is 39.6 Å². The van der Waals surface area contributed by atoms with E-state index in [9.17, 15) is 21.6 Å².